The van der Waals surface area contributed by atoms with Gasteiger partial charge in [0.25, 0.3) is 5.91 Å². The smallest absolute Gasteiger partial charge is 0.263 e. The minimum atomic E-state index is -0.612. The first kappa shape index (κ1) is 17.7. The first-order valence-electron chi connectivity index (χ1n) is 8.39. The number of carbonyl (C=O) groups excluding carboxylic acids is 1. The van der Waals surface area contributed by atoms with Gasteiger partial charge in [0, 0.05) is 12.6 Å². The molecule has 0 aliphatic carbocycles. The molecule has 0 radical (unpaired) electrons. The van der Waals surface area contributed by atoms with E-state index < -0.39 is 6.10 Å². The summed E-state index contributed by atoms with van der Waals surface area (Å²) in [6.07, 6.45) is -0.612. The molecule has 3 rings (SSSR count). The maximum absolute atomic E-state index is 12.5. The van der Waals surface area contributed by atoms with Crippen molar-refractivity contribution in [1.29, 1.82) is 0 Å². The Morgan fingerprint density at radius 2 is 1.85 bits per heavy atom. The highest BCUT2D eigenvalue weighted by Gasteiger charge is 2.21. The number of hydrogen-bond acceptors (Lipinski definition) is 5. The van der Waals surface area contributed by atoms with Gasteiger partial charge in [0.1, 0.15) is 5.75 Å². The zero-order valence-electron chi connectivity index (χ0n) is 15.0. The second-order valence-corrected chi connectivity index (χ2v) is 6.15. The number of nitrogens with zero attached hydrogens (tertiary/aromatic N) is 3. The summed E-state index contributed by atoms with van der Waals surface area (Å²) in [5.41, 5.74) is 2.01. The van der Waals surface area contributed by atoms with Gasteiger partial charge in [-0.3, -0.25) is 4.79 Å². The minimum Gasteiger partial charge on any atom is -0.481 e. The summed E-state index contributed by atoms with van der Waals surface area (Å²) in [5, 5.41) is 3.96. The molecule has 3 aromatic rings. The molecule has 1 amide bonds. The molecule has 134 valence electrons. The van der Waals surface area contributed by atoms with Crippen molar-refractivity contribution in [3.8, 4) is 17.1 Å². The highest BCUT2D eigenvalue weighted by Crippen LogP contribution is 2.17. The van der Waals surface area contributed by atoms with E-state index in [1.165, 1.54) is 4.90 Å². The predicted octanol–water partition coefficient (Wildman–Crippen LogP) is 3.47. The topological polar surface area (TPSA) is 68.5 Å². The number of carbonyl (C=O) groups is 1. The maximum Gasteiger partial charge on any atom is 0.263 e. The lowest BCUT2D eigenvalue weighted by Crippen LogP contribution is -2.37. The average molecular weight is 351 g/mol. The van der Waals surface area contributed by atoms with Gasteiger partial charge < -0.3 is 14.2 Å². The van der Waals surface area contributed by atoms with Gasteiger partial charge in [-0.25, -0.2) is 0 Å². The molecule has 1 aromatic heterocycles. The molecule has 0 saturated heterocycles. The minimum absolute atomic E-state index is 0.162. The molecule has 26 heavy (non-hydrogen) atoms. The van der Waals surface area contributed by atoms with Crippen LogP contribution in [-0.4, -0.2) is 34.1 Å². The first-order valence-corrected chi connectivity index (χ1v) is 8.39. The quantitative estimate of drug-likeness (QED) is 0.680. The van der Waals surface area contributed by atoms with Gasteiger partial charge in [0.15, 0.2) is 6.10 Å². The third-order valence-electron chi connectivity index (χ3n) is 3.93. The summed E-state index contributed by atoms with van der Waals surface area (Å²) in [5.74, 6) is 1.38. The highest BCUT2D eigenvalue weighted by molar-refractivity contribution is 5.80. The molecule has 6 nitrogen and oxygen atoms in total. The monoisotopic (exact) mass is 351 g/mol. The van der Waals surface area contributed by atoms with Crippen LogP contribution in [0.25, 0.3) is 11.4 Å². The largest absolute Gasteiger partial charge is 0.481 e. The Bertz CT molecular complexity index is 860. The number of benzene rings is 2. The molecule has 0 unspecified atom stereocenters. The van der Waals surface area contributed by atoms with Crippen molar-refractivity contribution in [3.05, 3.63) is 66.1 Å². The van der Waals surface area contributed by atoms with Crippen molar-refractivity contribution in [1.82, 2.24) is 15.0 Å². The van der Waals surface area contributed by atoms with E-state index in [9.17, 15) is 4.79 Å². The van der Waals surface area contributed by atoms with E-state index in [0.29, 0.717) is 17.5 Å². The Kier molecular flexibility index (Phi) is 5.31. The second-order valence-electron chi connectivity index (χ2n) is 6.15. The molecule has 1 heterocycles. The van der Waals surface area contributed by atoms with Gasteiger partial charge in [-0.05, 0) is 26.0 Å². The molecule has 0 spiro atoms. The zero-order chi connectivity index (χ0) is 18.5. The summed E-state index contributed by atoms with van der Waals surface area (Å²) in [4.78, 5) is 18.4. The van der Waals surface area contributed by atoms with E-state index in [-0.39, 0.29) is 12.5 Å². The summed E-state index contributed by atoms with van der Waals surface area (Å²) in [6, 6.07) is 17.1. The molecule has 0 bridgehead atoms. The van der Waals surface area contributed by atoms with Crippen LogP contribution >= 0.6 is 0 Å². The summed E-state index contributed by atoms with van der Waals surface area (Å²) in [6.45, 7) is 3.95. The summed E-state index contributed by atoms with van der Waals surface area (Å²) < 4.78 is 11.0. The third-order valence-corrected chi connectivity index (χ3v) is 3.93. The normalized spacial score (nSPS) is 11.8. The SMILES string of the molecule is Cc1ccc(O[C@H](C)C(=O)N(C)Cc2nc(-c3ccccc3)no2)cc1. The number of likely N-dealkylation sites (N-methyl/N-ethyl adjacent to an activating group) is 1. The number of amides is 1. The van der Waals surface area contributed by atoms with Crippen molar-refractivity contribution in [2.75, 3.05) is 7.05 Å². The number of aryl methyl sites for hydroxylation is 1. The number of hydrogen-bond donors (Lipinski definition) is 0. The van der Waals surface area contributed by atoms with E-state index in [0.717, 1.165) is 11.1 Å². The standard InChI is InChI=1S/C20H21N3O3/c1-14-9-11-17(12-10-14)25-15(2)20(24)23(3)13-18-21-19(22-26-18)16-7-5-4-6-8-16/h4-12,15H,13H2,1-3H3/t15-/m1/s1. The fourth-order valence-electron chi connectivity index (χ4n) is 2.49. The van der Waals surface area contributed by atoms with Gasteiger partial charge in [0.05, 0.1) is 6.54 Å². The van der Waals surface area contributed by atoms with Gasteiger partial charge in [-0.2, -0.15) is 4.98 Å². The van der Waals surface area contributed by atoms with Crippen LogP contribution in [0.4, 0.5) is 0 Å². The van der Waals surface area contributed by atoms with Gasteiger partial charge >= 0.3 is 0 Å². The maximum atomic E-state index is 12.5. The van der Waals surface area contributed by atoms with E-state index >= 15 is 0 Å². The number of rotatable bonds is 6. The van der Waals surface area contributed by atoms with Crippen molar-refractivity contribution < 1.29 is 14.1 Å². The van der Waals surface area contributed by atoms with Crippen LogP contribution in [0, 0.1) is 6.92 Å². The third kappa shape index (κ3) is 4.27. The molecule has 6 heteroatoms. The molecule has 0 saturated carbocycles. The van der Waals surface area contributed by atoms with E-state index in [1.54, 1.807) is 14.0 Å². The van der Waals surface area contributed by atoms with Crippen molar-refractivity contribution >= 4 is 5.91 Å². The Hall–Kier alpha value is -3.15. The first-order chi connectivity index (χ1) is 12.5. The molecule has 0 aliphatic heterocycles. The number of aromatic nitrogens is 2. The molecule has 0 fully saturated rings. The molecule has 0 N–H and O–H groups in total. The van der Waals surface area contributed by atoms with E-state index in [2.05, 4.69) is 10.1 Å². The molecular formula is C20H21N3O3. The highest BCUT2D eigenvalue weighted by atomic mass is 16.5. The Morgan fingerprint density at radius 1 is 1.15 bits per heavy atom. The van der Waals surface area contributed by atoms with Crippen LogP contribution in [-0.2, 0) is 11.3 Å². The predicted molar refractivity (Wildman–Crippen MR) is 97.5 cm³/mol. The Labute approximate surface area is 152 Å². The lowest BCUT2D eigenvalue weighted by molar-refractivity contribution is -0.137. The lowest BCUT2D eigenvalue weighted by atomic mass is 10.2. The van der Waals surface area contributed by atoms with E-state index in [1.807, 2.05) is 61.5 Å². The Morgan fingerprint density at radius 3 is 2.54 bits per heavy atom. The molecule has 1 atom stereocenters. The van der Waals surface area contributed by atoms with Crippen molar-refractivity contribution in [2.24, 2.45) is 0 Å². The number of ether oxygens (including phenoxy) is 1. The van der Waals surface area contributed by atoms with Crippen LogP contribution in [0.15, 0.2) is 59.1 Å². The van der Waals surface area contributed by atoms with Crippen LogP contribution < -0.4 is 4.74 Å². The van der Waals surface area contributed by atoms with Gasteiger partial charge in [-0.15, -0.1) is 0 Å². The van der Waals surface area contributed by atoms with Crippen LogP contribution in [0.2, 0.25) is 0 Å². The van der Waals surface area contributed by atoms with E-state index in [4.69, 9.17) is 9.26 Å². The van der Waals surface area contributed by atoms with Crippen molar-refractivity contribution in [2.45, 2.75) is 26.5 Å². The lowest BCUT2D eigenvalue weighted by Gasteiger charge is -2.20. The second kappa shape index (κ2) is 7.82. The Balaban J connectivity index is 1.60. The fourth-order valence-corrected chi connectivity index (χ4v) is 2.49. The fraction of sp³-hybridized carbons (Fsp3) is 0.250. The van der Waals surface area contributed by atoms with Crippen LogP contribution in [0.3, 0.4) is 0 Å². The molecule has 0 aliphatic rings. The summed E-state index contributed by atoms with van der Waals surface area (Å²) >= 11 is 0. The van der Waals surface area contributed by atoms with Crippen LogP contribution in [0.5, 0.6) is 5.75 Å². The van der Waals surface area contributed by atoms with Crippen LogP contribution in [0.1, 0.15) is 18.4 Å². The van der Waals surface area contributed by atoms with Gasteiger partial charge in [-0.1, -0.05) is 53.2 Å². The zero-order valence-corrected chi connectivity index (χ0v) is 15.0. The van der Waals surface area contributed by atoms with Crippen molar-refractivity contribution in [3.63, 3.8) is 0 Å². The molecule has 2 aromatic carbocycles. The summed E-state index contributed by atoms with van der Waals surface area (Å²) in [7, 11) is 1.68. The molecular weight excluding hydrogens is 330 g/mol. The van der Waals surface area contributed by atoms with Gasteiger partial charge in [0.2, 0.25) is 11.7 Å². The average Bonchev–Trinajstić information content (AvgIpc) is 3.12.